The Labute approximate surface area is 182 Å². The van der Waals surface area contributed by atoms with Crippen LogP contribution in [0.1, 0.15) is 48.7 Å². The Balaban J connectivity index is 1.61. The monoisotopic (exact) mass is 429 g/mol. The van der Waals surface area contributed by atoms with Gasteiger partial charge in [0.05, 0.1) is 11.7 Å². The maximum atomic E-state index is 12.6. The number of carbonyl (C=O) groups is 2. The Morgan fingerprint density at radius 2 is 2.06 bits per heavy atom. The minimum Gasteiger partial charge on any atom is -0.440 e. The number of hydrogen-bond acceptors (Lipinski definition) is 6. The highest BCUT2D eigenvalue weighted by Gasteiger charge is 2.26. The molecule has 0 radical (unpaired) electrons. The van der Waals surface area contributed by atoms with Gasteiger partial charge in [0.1, 0.15) is 12.2 Å². The number of H-pyrrole nitrogens is 1. The summed E-state index contributed by atoms with van der Waals surface area (Å²) in [6, 6.07) is 9.25. The molecule has 3 rings (SSSR count). The van der Waals surface area contributed by atoms with Crippen molar-refractivity contribution >= 4 is 17.8 Å². The summed E-state index contributed by atoms with van der Waals surface area (Å²) in [5.74, 6) is 0.236. The second kappa shape index (κ2) is 10.4. The van der Waals surface area contributed by atoms with E-state index >= 15 is 0 Å². The second-order valence-corrected chi connectivity index (χ2v) is 8.03. The fraction of sp³-hybridized carbons (Fsp3) is 0.500. The number of anilines is 1. The standard InChI is InChI=1S/C22H31N5O4/c1-14-19(25-26-20(14)24-21(28)17-11-8-12-30-17)15(2)23-22(29)31-18(13-27(3)4)16-9-6-5-7-10-16/h5-7,9-10,15,17-18H,8,11-13H2,1-4H3,(H,23,29)(H2,24,25,26,28). The van der Waals surface area contributed by atoms with Crippen LogP contribution >= 0.6 is 0 Å². The Morgan fingerprint density at radius 1 is 1.32 bits per heavy atom. The number of carbonyl (C=O) groups excluding carboxylic acids is 2. The van der Waals surface area contributed by atoms with Crippen molar-refractivity contribution in [3.05, 3.63) is 47.2 Å². The van der Waals surface area contributed by atoms with Crippen molar-refractivity contribution in [3.8, 4) is 0 Å². The van der Waals surface area contributed by atoms with Crippen LogP contribution in [-0.2, 0) is 14.3 Å². The first-order valence-electron chi connectivity index (χ1n) is 10.5. The van der Waals surface area contributed by atoms with Gasteiger partial charge >= 0.3 is 6.09 Å². The van der Waals surface area contributed by atoms with E-state index in [2.05, 4.69) is 20.8 Å². The maximum absolute atomic E-state index is 12.6. The zero-order valence-corrected chi connectivity index (χ0v) is 18.5. The van der Waals surface area contributed by atoms with Crippen molar-refractivity contribution in [1.82, 2.24) is 20.4 Å². The van der Waals surface area contributed by atoms with Gasteiger partial charge in [-0.25, -0.2) is 4.79 Å². The summed E-state index contributed by atoms with van der Waals surface area (Å²) in [5.41, 5.74) is 2.38. The van der Waals surface area contributed by atoms with Crippen LogP contribution < -0.4 is 10.6 Å². The number of aromatic nitrogens is 2. The molecule has 1 aliphatic heterocycles. The molecule has 1 aromatic heterocycles. The summed E-state index contributed by atoms with van der Waals surface area (Å²) in [6.45, 7) is 4.83. The zero-order valence-electron chi connectivity index (χ0n) is 18.5. The van der Waals surface area contributed by atoms with Gasteiger partial charge in [-0.15, -0.1) is 0 Å². The van der Waals surface area contributed by atoms with Crippen LogP contribution in [0.4, 0.5) is 10.6 Å². The first-order valence-corrected chi connectivity index (χ1v) is 10.5. The fourth-order valence-corrected chi connectivity index (χ4v) is 3.56. The minimum absolute atomic E-state index is 0.201. The molecule has 1 fully saturated rings. The maximum Gasteiger partial charge on any atom is 0.408 e. The van der Waals surface area contributed by atoms with Gasteiger partial charge in [-0.1, -0.05) is 30.3 Å². The topological polar surface area (TPSA) is 109 Å². The van der Waals surface area contributed by atoms with Gasteiger partial charge in [0, 0.05) is 18.7 Å². The summed E-state index contributed by atoms with van der Waals surface area (Å²) in [5, 5.41) is 12.7. The molecule has 31 heavy (non-hydrogen) atoms. The lowest BCUT2D eigenvalue weighted by molar-refractivity contribution is -0.124. The summed E-state index contributed by atoms with van der Waals surface area (Å²) >= 11 is 0. The lowest BCUT2D eigenvalue weighted by Crippen LogP contribution is -2.32. The molecule has 3 N–H and O–H groups in total. The number of likely N-dealkylation sites (N-methyl/N-ethyl adjacent to an activating group) is 1. The third-order valence-corrected chi connectivity index (χ3v) is 5.23. The quantitative estimate of drug-likeness (QED) is 0.595. The van der Waals surface area contributed by atoms with Gasteiger partial charge in [-0.3, -0.25) is 9.89 Å². The summed E-state index contributed by atoms with van der Waals surface area (Å²) in [6.07, 6.45) is 0.233. The van der Waals surface area contributed by atoms with Crippen molar-refractivity contribution in [2.24, 2.45) is 0 Å². The number of aromatic amines is 1. The van der Waals surface area contributed by atoms with E-state index in [0.717, 1.165) is 17.5 Å². The molecule has 3 atom stereocenters. The van der Waals surface area contributed by atoms with Crippen LogP contribution in [0.5, 0.6) is 0 Å². The number of alkyl carbamates (subject to hydrolysis) is 1. The molecule has 0 bridgehead atoms. The molecule has 2 aromatic rings. The van der Waals surface area contributed by atoms with Crippen molar-refractivity contribution in [2.75, 3.05) is 32.6 Å². The van der Waals surface area contributed by atoms with Gasteiger partial charge in [-0.05, 0) is 46.3 Å². The third-order valence-electron chi connectivity index (χ3n) is 5.23. The number of amides is 2. The van der Waals surface area contributed by atoms with Crippen LogP contribution in [0.15, 0.2) is 30.3 Å². The van der Waals surface area contributed by atoms with E-state index < -0.39 is 18.3 Å². The number of rotatable bonds is 8. The Bertz CT molecular complexity index is 877. The first kappa shape index (κ1) is 22.8. The molecule has 9 heteroatoms. The van der Waals surface area contributed by atoms with E-state index in [4.69, 9.17) is 9.47 Å². The lowest BCUT2D eigenvalue weighted by Gasteiger charge is -2.23. The van der Waals surface area contributed by atoms with Crippen LogP contribution in [0.25, 0.3) is 0 Å². The highest BCUT2D eigenvalue weighted by atomic mass is 16.6. The second-order valence-electron chi connectivity index (χ2n) is 8.03. The van der Waals surface area contributed by atoms with Crippen molar-refractivity contribution in [1.29, 1.82) is 0 Å². The largest absolute Gasteiger partial charge is 0.440 e. The average molecular weight is 430 g/mol. The van der Waals surface area contributed by atoms with Gasteiger partial charge in [0.2, 0.25) is 0 Å². The molecule has 168 valence electrons. The van der Waals surface area contributed by atoms with E-state index in [0.29, 0.717) is 31.1 Å². The van der Waals surface area contributed by atoms with Gasteiger partial charge in [0.25, 0.3) is 5.91 Å². The normalized spacial score (nSPS) is 17.9. The molecule has 9 nitrogen and oxygen atoms in total. The smallest absolute Gasteiger partial charge is 0.408 e. The van der Waals surface area contributed by atoms with Gasteiger partial charge < -0.3 is 25.0 Å². The molecule has 2 heterocycles. The van der Waals surface area contributed by atoms with E-state index in [1.165, 1.54) is 0 Å². The molecule has 0 aliphatic carbocycles. The predicted octanol–water partition coefficient (Wildman–Crippen LogP) is 2.93. The third kappa shape index (κ3) is 6.05. The van der Waals surface area contributed by atoms with E-state index in [-0.39, 0.29) is 11.9 Å². The van der Waals surface area contributed by atoms with E-state index in [9.17, 15) is 9.59 Å². The molecule has 3 unspecified atom stereocenters. The summed E-state index contributed by atoms with van der Waals surface area (Å²) < 4.78 is 11.1. The summed E-state index contributed by atoms with van der Waals surface area (Å²) in [7, 11) is 3.86. The number of nitrogens with one attached hydrogen (secondary N) is 3. The minimum atomic E-state index is -0.526. The molecular formula is C22H31N5O4. The van der Waals surface area contributed by atoms with Crippen LogP contribution in [0.3, 0.4) is 0 Å². The van der Waals surface area contributed by atoms with E-state index in [1.807, 2.05) is 63.2 Å². The predicted molar refractivity (Wildman–Crippen MR) is 117 cm³/mol. The molecule has 1 aliphatic rings. The molecule has 0 spiro atoms. The molecule has 0 saturated carbocycles. The summed E-state index contributed by atoms with van der Waals surface area (Å²) in [4.78, 5) is 26.8. The van der Waals surface area contributed by atoms with E-state index in [1.54, 1.807) is 0 Å². The van der Waals surface area contributed by atoms with Crippen molar-refractivity contribution in [2.45, 2.75) is 44.9 Å². The Morgan fingerprint density at radius 3 is 2.71 bits per heavy atom. The number of nitrogens with zero attached hydrogens (tertiary/aromatic N) is 2. The zero-order chi connectivity index (χ0) is 22.4. The van der Waals surface area contributed by atoms with Crippen LogP contribution in [0, 0.1) is 6.92 Å². The highest BCUT2D eigenvalue weighted by molar-refractivity contribution is 5.94. The number of benzene rings is 1. The fourth-order valence-electron chi connectivity index (χ4n) is 3.56. The Kier molecular flexibility index (Phi) is 7.64. The molecule has 1 aromatic carbocycles. The van der Waals surface area contributed by atoms with Crippen molar-refractivity contribution in [3.63, 3.8) is 0 Å². The van der Waals surface area contributed by atoms with Crippen LogP contribution in [0.2, 0.25) is 0 Å². The van der Waals surface area contributed by atoms with Crippen molar-refractivity contribution < 1.29 is 19.1 Å². The highest BCUT2D eigenvalue weighted by Crippen LogP contribution is 2.24. The Hall–Kier alpha value is -2.91. The number of ether oxygens (including phenoxy) is 2. The number of hydrogen-bond donors (Lipinski definition) is 3. The SMILES string of the molecule is Cc1c(NC(=O)C2CCCO2)n[nH]c1C(C)NC(=O)OC(CN(C)C)c1ccccc1. The molecule has 2 amide bonds. The van der Waals surface area contributed by atoms with Gasteiger partial charge in [0.15, 0.2) is 5.82 Å². The lowest BCUT2D eigenvalue weighted by atomic mass is 10.1. The van der Waals surface area contributed by atoms with Gasteiger partial charge in [-0.2, -0.15) is 5.10 Å². The molecular weight excluding hydrogens is 398 g/mol. The molecule has 1 saturated heterocycles. The average Bonchev–Trinajstić information content (AvgIpc) is 3.38. The first-order chi connectivity index (χ1) is 14.8. The van der Waals surface area contributed by atoms with Crippen LogP contribution in [-0.4, -0.2) is 60.4 Å².